The number of para-hydroxylation sites is 1. The number of rotatable bonds is 8. The molecule has 0 spiro atoms. The molecule has 0 atom stereocenters. The van der Waals surface area contributed by atoms with E-state index in [1.807, 2.05) is 42.5 Å². The summed E-state index contributed by atoms with van der Waals surface area (Å²) >= 11 is 0. The second kappa shape index (κ2) is 12.6. The van der Waals surface area contributed by atoms with Gasteiger partial charge in [0.2, 0.25) is 0 Å². The maximum atomic E-state index is 13.0. The van der Waals surface area contributed by atoms with E-state index in [4.69, 9.17) is 5.41 Å². The quantitative estimate of drug-likeness (QED) is 0.128. The number of aryl methyl sites for hydroxylation is 1. The van der Waals surface area contributed by atoms with Gasteiger partial charge in [0.1, 0.15) is 0 Å². The van der Waals surface area contributed by atoms with Gasteiger partial charge in [-0.15, -0.1) is 0 Å². The lowest BCUT2D eigenvalue weighted by atomic mass is 9.96. The van der Waals surface area contributed by atoms with Crippen molar-refractivity contribution in [2.24, 2.45) is 0 Å². The Labute approximate surface area is 256 Å². The Balaban J connectivity index is 1.23. The van der Waals surface area contributed by atoms with Crippen molar-refractivity contribution in [2.75, 3.05) is 16.8 Å². The van der Waals surface area contributed by atoms with Crippen molar-refractivity contribution in [1.29, 1.82) is 5.41 Å². The molecule has 3 N–H and O–H groups in total. The Morgan fingerprint density at radius 3 is 1.91 bits per heavy atom. The molecule has 1 heterocycles. The van der Waals surface area contributed by atoms with Crippen LogP contribution in [0.4, 0.5) is 17.1 Å². The van der Waals surface area contributed by atoms with Gasteiger partial charge in [0.05, 0.1) is 5.57 Å². The molecule has 6 rings (SSSR count). The average molecular weight is 578 g/mol. The van der Waals surface area contributed by atoms with Gasteiger partial charge in [-0.2, -0.15) is 0 Å². The number of aliphatic carboxylic acids is 1. The van der Waals surface area contributed by atoms with Gasteiger partial charge >= 0.3 is 5.97 Å². The molecular weight excluding hydrogens is 546 g/mol. The first-order valence-electron chi connectivity index (χ1n) is 14.5. The number of fused-ring (bicyclic) bond motifs is 1. The lowest BCUT2D eigenvalue weighted by molar-refractivity contribution is -0.129. The molecule has 0 saturated carbocycles. The normalized spacial score (nSPS) is 12.7. The maximum Gasteiger partial charge on any atom is 0.354 e. The van der Waals surface area contributed by atoms with E-state index in [1.165, 1.54) is 17.2 Å². The summed E-state index contributed by atoms with van der Waals surface area (Å²) in [6, 6.07) is 42.2. The molecule has 0 aliphatic carbocycles. The van der Waals surface area contributed by atoms with Gasteiger partial charge in [0, 0.05) is 23.6 Å². The molecule has 0 aromatic heterocycles. The molecule has 1 aliphatic heterocycles. The van der Waals surface area contributed by atoms with E-state index in [9.17, 15) is 14.7 Å². The molecule has 5 aromatic rings. The minimum atomic E-state index is -1.46. The zero-order valence-electron chi connectivity index (χ0n) is 24.0. The van der Waals surface area contributed by atoms with E-state index in [0.717, 1.165) is 47.5 Å². The van der Waals surface area contributed by atoms with Crippen LogP contribution < -0.4 is 10.2 Å². The minimum Gasteiger partial charge on any atom is -0.477 e. The van der Waals surface area contributed by atoms with Gasteiger partial charge in [0.25, 0.3) is 5.91 Å². The summed E-state index contributed by atoms with van der Waals surface area (Å²) in [5.74, 6) is -2.10. The maximum absolute atomic E-state index is 13.0. The van der Waals surface area contributed by atoms with Gasteiger partial charge in [-0.3, -0.25) is 10.2 Å². The lowest BCUT2D eigenvalue weighted by Crippen LogP contribution is -2.25. The SMILES string of the molecule is N=C(C(=O)O)/C(=C/c1ccc2c(c1)CCCN2c1ccc(-c2ccc(-c3ccccc3)cc2)cc1)C(=O)Nc1ccccc1. The summed E-state index contributed by atoms with van der Waals surface area (Å²) in [5.41, 5.74) is 8.20. The minimum absolute atomic E-state index is 0.207. The molecule has 0 fully saturated rings. The Morgan fingerprint density at radius 1 is 0.727 bits per heavy atom. The standard InChI is InChI=1S/C38H31N3O3/c39-36(38(43)44)34(37(42)40-32-11-5-2-6-12-32)25-26-13-22-35-31(24-26)10-7-23-41(35)33-20-18-30(19-21-33)29-16-14-28(15-17-29)27-8-3-1-4-9-27/h1-6,8-9,11-22,24-25,39H,7,10,23H2,(H,40,42)(H,43,44)/b34-25-,39-36?. The number of amides is 1. The number of hydrogen-bond acceptors (Lipinski definition) is 4. The zero-order chi connectivity index (χ0) is 30.5. The highest BCUT2D eigenvalue weighted by atomic mass is 16.4. The van der Waals surface area contributed by atoms with Gasteiger partial charge in [-0.05, 0) is 88.7 Å². The number of anilines is 3. The zero-order valence-corrected chi connectivity index (χ0v) is 24.0. The van der Waals surface area contributed by atoms with Crippen molar-refractivity contribution in [3.05, 3.63) is 144 Å². The summed E-state index contributed by atoms with van der Waals surface area (Å²) in [5, 5.41) is 20.3. The summed E-state index contributed by atoms with van der Waals surface area (Å²) in [7, 11) is 0. The van der Waals surface area contributed by atoms with E-state index in [0.29, 0.717) is 11.3 Å². The van der Waals surface area contributed by atoms with Crippen molar-refractivity contribution in [2.45, 2.75) is 12.8 Å². The first-order chi connectivity index (χ1) is 21.5. The van der Waals surface area contributed by atoms with Gasteiger partial charge < -0.3 is 15.3 Å². The van der Waals surface area contributed by atoms with Crippen molar-refractivity contribution in [3.8, 4) is 22.3 Å². The van der Waals surface area contributed by atoms with E-state index < -0.39 is 17.6 Å². The number of carboxylic acid groups (broad SMARTS) is 1. The van der Waals surface area contributed by atoms with Crippen LogP contribution in [0, 0.1) is 5.41 Å². The molecule has 0 saturated heterocycles. The summed E-state index contributed by atoms with van der Waals surface area (Å²) in [6.07, 6.45) is 3.29. The van der Waals surface area contributed by atoms with Gasteiger partial charge in [-0.1, -0.05) is 91.0 Å². The number of carboxylic acids is 1. The number of benzene rings is 5. The highest BCUT2D eigenvalue weighted by Gasteiger charge is 2.22. The number of nitrogens with zero attached hydrogens (tertiary/aromatic N) is 1. The summed E-state index contributed by atoms with van der Waals surface area (Å²) in [4.78, 5) is 27.0. The second-order valence-corrected chi connectivity index (χ2v) is 10.7. The molecule has 5 aromatic carbocycles. The highest BCUT2D eigenvalue weighted by molar-refractivity contribution is 6.50. The van der Waals surface area contributed by atoms with Crippen LogP contribution in [0.15, 0.2) is 133 Å². The van der Waals surface area contributed by atoms with E-state index >= 15 is 0 Å². The van der Waals surface area contributed by atoms with E-state index in [2.05, 4.69) is 70.9 Å². The van der Waals surface area contributed by atoms with E-state index in [1.54, 1.807) is 24.3 Å². The van der Waals surface area contributed by atoms with E-state index in [-0.39, 0.29) is 5.57 Å². The smallest absolute Gasteiger partial charge is 0.354 e. The highest BCUT2D eigenvalue weighted by Crippen LogP contribution is 2.36. The monoisotopic (exact) mass is 577 g/mol. The van der Waals surface area contributed by atoms with Crippen molar-refractivity contribution in [1.82, 2.24) is 0 Å². The van der Waals surface area contributed by atoms with Crippen LogP contribution in [0.3, 0.4) is 0 Å². The Bertz CT molecular complexity index is 1850. The fourth-order valence-electron chi connectivity index (χ4n) is 5.55. The Morgan fingerprint density at radius 2 is 1.30 bits per heavy atom. The van der Waals surface area contributed by atoms with Crippen LogP contribution in [0.25, 0.3) is 28.3 Å². The summed E-state index contributed by atoms with van der Waals surface area (Å²) in [6.45, 7) is 0.877. The van der Waals surface area contributed by atoms with Crippen molar-refractivity contribution >= 4 is 40.7 Å². The third kappa shape index (κ3) is 6.20. The molecular formula is C38H31N3O3. The molecule has 44 heavy (non-hydrogen) atoms. The molecule has 6 nitrogen and oxygen atoms in total. The molecule has 1 aliphatic rings. The summed E-state index contributed by atoms with van der Waals surface area (Å²) < 4.78 is 0. The number of hydrogen-bond donors (Lipinski definition) is 3. The Kier molecular flexibility index (Phi) is 8.15. The lowest BCUT2D eigenvalue weighted by Gasteiger charge is -2.32. The fourth-order valence-corrected chi connectivity index (χ4v) is 5.55. The third-order valence-corrected chi connectivity index (χ3v) is 7.80. The first-order valence-corrected chi connectivity index (χ1v) is 14.5. The van der Waals surface area contributed by atoms with Crippen LogP contribution in [0.2, 0.25) is 0 Å². The predicted octanol–water partition coefficient (Wildman–Crippen LogP) is 8.23. The first kappa shape index (κ1) is 28.4. The average Bonchev–Trinajstić information content (AvgIpc) is 3.07. The van der Waals surface area contributed by atoms with Crippen LogP contribution in [0.5, 0.6) is 0 Å². The molecule has 1 amide bonds. The molecule has 0 radical (unpaired) electrons. The molecule has 0 unspecified atom stereocenters. The van der Waals surface area contributed by atoms with Crippen molar-refractivity contribution in [3.63, 3.8) is 0 Å². The van der Waals surface area contributed by atoms with Crippen LogP contribution in [-0.4, -0.2) is 29.2 Å². The van der Waals surface area contributed by atoms with Crippen LogP contribution >= 0.6 is 0 Å². The predicted molar refractivity (Wildman–Crippen MR) is 177 cm³/mol. The largest absolute Gasteiger partial charge is 0.477 e. The molecule has 216 valence electrons. The molecule has 6 heteroatoms. The topological polar surface area (TPSA) is 93.5 Å². The number of carbonyl (C=O) groups is 2. The second-order valence-electron chi connectivity index (χ2n) is 10.7. The van der Waals surface area contributed by atoms with Gasteiger partial charge in [0.15, 0.2) is 5.71 Å². The third-order valence-electron chi connectivity index (χ3n) is 7.80. The van der Waals surface area contributed by atoms with Crippen molar-refractivity contribution < 1.29 is 14.7 Å². The Hall–Kier alpha value is -5.75. The molecule has 0 bridgehead atoms. The van der Waals surface area contributed by atoms with Crippen LogP contribution in [-0.2, 0) is 16.0 Å². The fraction of sp³-hybridized carbons (Fsp3) is 0.0789. The van der Waals surface area contributed by atoms with Crippen LogP contribution in [0.1, 0.15) is 17.5 Å². The number of nitrogens with one attached hydrogen (secondary N) is 2. The van der Waals surface area contributed by atoms with Gasteiger partial charge in [-0.25, -0.2) is 4.79 Å². The number of carbonyl (C=O) groups excluding carboxylic acids is 1.